The van der Waals surface area contributed by atoms with E-state index in [4.69, 9.17) is 4.74 Å². The van der Waals surface area contributed by atoms with Gasteiger partial charge in [-0.1, -0.05) is 13.8 Å². The van der Waals surface area contributed by atoms with Crippen molar-refractivity contribution in [3.8, 4) is 0 Å². The Kier molecular flexibility index (Phi) is 5.79. The summed E-state index contributed by atoms with van der Waals surface area (Å²) in [6, 6.07) is 0.508. The summed E-state index contributed by atoms with van der Waals surface area (Å²) < 4.78 is 5.86. The highest BCUT2D eigenvalue weighted by Crippen LogP contribution is 2.28. The zero-order valence-electron chi connectivity index (χ0n) is 12.3. The normalized spacial score (nSPS) is 24.8. The summed E-state index contributed by atoms with van der Waals surface area (Å²) in [5, 5.41) is 7.08. The van der Waals surface area contributed by atoms with E-state index in [-0.39, 0.29) is 0 Å². The summed E-state index contributed by atoms with van der Waals surface area (Å²) in [5.41, 5.74) is 1.23. The Balaban J connectivity index is 2.02. The van der Waals surface area contributed by atoms with Crippen LogP contribution in [0.3, 0.4) is 0 Å². The molecule has 1 aromatic heterocycles. The Morgan fingerprint density at radius 3 is 3.00 bits per heavy atom. The van der Waals surface area contributed by atoms with Gasteiger partial charge in [0, 0.05) is 30.4 Å². The van der Waals surface area contributed by atoms with Gasteiger partial charge in [0.1, 0.15) is 0 Å². The fourth-order valence-electron chi connectivity index (χ4n) is 2.98. The van der Waals surface area contributed by atoms with Gasteiger partial charge in [-0.15, -0.1) is 11.3 Å². The van der Waals surface area contributed by atoms with Crippen LogP contribution in [0.25, 0.3) is 0 Å². The molecule has 2 heterocycles. The van der Waals surface area contributed by atoms with Crippen molar-refractivity contribution in [2.75, 3.05) is 13.2 Å². The van der Waals surface area contributed by atoms with E-state index in [0.717, 1.165) is 26.0 Å². The quantitative estimate of drug-likeness (QED) is 0.834. The van der Waals surface area contributed by atoms with Gasteiger partial charge in [-0.2, -0.15) is 0 Å². The first-order chi connectivity index (χ1) is 9.24. The second kappa shape index (κ2) is 7.36. The molecule has 0 spiro atoms. The van der Waals surface area contributed by atoms with E-state index in [2.05, 4.69) is 36.5 Å². The number of hydrogen-bond acceptors (Lipinski definition) is 4. The maximum Gasteiger partial charge on any atom is 0.0897 e. The maximum absolute atomic E-state index is 5.86. The van der Waals surface area contributed by atoms with Crippen LogP contribution in [0.5, 0.6) is 0 Å². The van der Waals surface area contributed by atoms with Gasteiger partial charge in [0.05, 0.1) is 16.8 Å². The van der Waals surface area contributed by atoms with E-state index in [1.165, 1.54) is 23.5 Å². The Hall–Kier alpha value is -0.450. The number of aromatic nitrogens is 1. The molecule has 1 saturated heterocycles. The molecule has 3 atom stereocenters. The molecular formula is C15H26N2OS. The third kappa shape index (κ3) is 4.01. The molecule has 1 N–H and O–H groups in total. The van der Waals surface area contributed by atoms with E-state index in [1.54, 1.807) is 11.3 Å². The molecule has 108 valence electrons. The monoisotopic (exact) mass is 282 g/mol. The maximum atomic E-state index is 5.86. The Bertz CT molecular complexity index is 380. The van der Waals surface area contributed by atoms with E-state index in [9.17, 15) is 0 Å². The van der Waals surface area contributed by atoms with Gasteiger partial charge in [0.2, 0.25) is 0 Å². The zero-order chi connectivity index (χ0) is 13.7. The third-order valence-electron chi connectivity index (χ3n) is 3.93. The van der Waals surface area contributed by atoms with Crippen LogP contribution in [-0.4, -0.2) is 30.3 Å². The zero-order valence-corrected chi connectivity index (χ0v) is 13.1. The van der Waals surface area contributed by atoms with E-state index < -0.39 is 0 Å². The highest BCUT2D eigenvalue weighted by molar-refractivity contribution is 7.09. The van der Waals surface area contributed by atoms with Gasteiger partial charge in [0.15, 0.2) is 0 Å². The lowest BCUT2D eigenvalue weighted by molar-refractivity contribution is 0.0774. The molecule has 1 aliphatic heterocycles. The molecule has 0 aromatic carbocycles. The summed E-state index contributed by atoms with van der Waals surface area (Å²) in [7, 11) is 0. The molecule has 3 unspecified atom stereocenters. The minimum Gasteiger partial charge on any atom is -0.378 e. The van der Waals surface area contributed by atoms with Crippen LogP contribution < -0.4 is 5.32 Å². The smallest absolute Gasteiger partial charge is 0.0897 e. The summed E-state index contributed by atoms with van der Waals surface area (Å²) in [4.78, 5) is 4.62. The van der Waals surface area contributed by atoms with Crippen LogP contribution >= 0.6 is 11.3 Å². The van der Waals surface area contributed by atoms with Crippen molar-refractivity contribution in [1.29, 1.82) is 0 Å². The third-order valence-corrected chi connectivity index (χ3v) is 4.75. The minimum absolute atomic E-state index is 0.425. The molecule has 19 heavy (non-hydrogen) atoms. The molecule has 1 fully saturated rings. The number of ether oxygens (including phenoxy) is 1. The van der Waals surface area contributed by atoms with Crippen molar-refractivity contribution in [2.24, 2.45) is 5.92 Å². The first kappa shape index (κ1) is 14.9. The lowest BCUT2D eigenvalue weighted by atomic mass is 9.88. The fourth-order valence-corrected chi connectivity index (χ4v) is 3.60. The van der Waals surface area contributed by atoms with Crippen LogP contribution in [-0.2, 0) is 11.2 Å². The first-order valence-electron chi connectivity index (χ1n) is 7.50. The molecule has 1 aromatic rings. The van der Waals surface area contributed by atoms with Crippen molar-refractivity contribution in [3.63, 3.8) is 0 Å². The van der Waals surface area contributed by atoms with Crippen molar-refractivity contribution >= 4 is 11.3 Å². The number of nitrogens with one attached hydrogen (secondary N) is 1. The topological polar surface area (TPSA) is 34.2 Å². The number of hydrogen-bond donors (Lipinski definition) is 1. The van der Waals surface area contributed by atoms with Crippen molar-refractivity contribution in [2.45, 2.75) is 58.6 Å². The number of rotatable bonds is 7. The fraction of sp³-hybridized carbons (Fsp3) is 0.800. The molecule has 0 amide bonds. The predicted molar refractivity (Wildman–Crippen MR) is 80.8 cm³/mol. The molecule has 3 nitrogen and oxygen atoms in total. The van der Waals surface area contributed by atoms with Crippen molar-refractivity contribution < 1.29 is 4.74 Å². The average molecular weight is 282 g/mol. The predicted octanol–water partition coefficient (Wildman–Crippen LogP) is 3.18. The Labute approximate surface area is 120 Å². The van der Waals surface area contributed by atoms with Crippen molar-refractivity contribution in [1.82, 2.24) is 10.3 Å². The summed E-state index contributed by atoms with van der Waals surface area (Å²) >= 11 is 1.75. The molecule has 2 rings (SSSR count). The first-order valence-corrected chi connectivity index (χ1v) is 8.38. The molecule has 4 heteroatoms. The summed E-state index contributed by atoms with van der Waals surface area (Å²) in [6.07, 6.45) is 4.94. The van der Waals surface area contributed by atoms with Gasteiger partial charge < -0.3 is 10.1 Å². The Morgan fingerprint density at radius 1 is 1.53 bits per heavy atom. The van der Waals surface area contributed by atoms with Gasteiger partial charge in [-0.05, 0) is 32.7 Å². The second-order valence-electron chi connectivity index (χ2n) is 5.39. The summed E-state index contributed by atoms with van der Waals surface area (Å²) in [6.45, 7) is 8.53. The SMILES string of the molecule is CCCNC(Cc1csc(C)n1)C1CCOC1CC. The molecule has 0 aliphatic carbocycles. The van der Waals surface area contributed by atoms with Gasteiger partial charge in [-0.3, -0.25) is 0 Å². The summed E-state index contributed by atoms with van der Waals surface area (Å²) in [5.74, 6) is 0.638. The lowest BCUT2D eigenvalue weighted by Crippen LogP contribution is -2.42. The van der Waals surface area contributed by atoms with E-state index >= 15 is 0 Å². The van der Waals surface area contributed by atoms with Crippen LogP contribution in [0.1, 0.15) is 43.8 Å². The van der Waals surface area contributed by atoms with Crippen LogP contribution in [0.2, 0.25) is 0 Å². The second-order valence-corrected chi connectivity index (χ2v) is 6.45. The number of thiazole rings is 1. The largest absolute Gasteiger partial charge is 0.378 e. The van der Waals surface area contributed by atoms with Gasteiger partial charge in [-0.25, -0.2) is 4.98 Å². The van der Waals surface area contributed by atoms with Gasteiger partial charge in [0.25, 0.3) is 0 Å². The molecule has 0 saturated carbocycles. The van der Waals surface area contributed by atoms with E-state index in [0.29, 0.717) is 18.1 Å². The average Bonchev–Trinajstić information content (AvgIpc) is 3.03. The molecule has 0 bridgehead atoms. The molecule has 0 radical (unpaired) electrons. The highest BCUT2D eigenvalue weighted by Gasteiger charge is 2.33. The van der Waals surface area contributed by atoms with Gasteiger partial charge >= 0.3 is 0 Å². The highest BCUT2D eigenvalue weighted by atomic mass is 32.1. The Morgan fingerprint density at radius 2 is 2.37 bits per heavy atom. The van der Waals surface area contributed by atoms with Crippen LogP contribution in [0, 0.1) is 12.8 Å². The van der Waals surface area contributed by atoms with E-state index in [1.807, 2.05) is 0 Å². The number of aryl methyl sites for hydroxylation is 1. The van der Waals surface area contributed by atoms with Crippen LogP contribution in [0.15, 0.2) is 5.38 Å². The molecule has 1 aliphatic rings. The van der Waals surface area contributed by atoms with Crippen molar-refractivity contribution in [3.05, 3.63) is 16.1 Å². The lowest BCUT2D eigenvalue weighted by Gasteiger charge is -2.27. The minimum atomic E-state index is 0.425. The van der Waals surface area contributed by atoms with Crippen LogP contribution in [0.4, 0.5) is 0 Å². The number of nitrogens with zero attached hydrogens (tertiary/aromatic N) is 1. The molecular weight excluding hydrogens is 256 g/mol. The standard InChI is InChI=1S/C15H26N2OS/c1-4-7-16-14(9-12-10-19-11(3)17-12)13-6-8-18-15(13)5-2/h10,13-16H,4-9H2,1-3H3.